The summed E-state index contributed by atoms with van der Waals surface area (Å²) in [7, 11) is -2.30. The van der Waals surface area contributed by atoms with Gasteiger partial charge in [0.2, 0.25) is 10.0 Å². The molecule has 7 nitrogen and oxygen atoms in total. The number of sulfonamides is 1. The second kappa shape index (κ2) is 7.57. The number of nitrogens with zero attached hydrogens (tertiary/aromatic N) is 3. The Balaban J connectivity index is 2.09. The van der Waals surface area contributed by atoms with Gasteiger partial charge in [-0.2, -0.15) is 9.57 Å². The Morgan fingerprint density at radius 3 is 2.33 bits per heavy atom. The summed E-state index contributed by atoms with van der Waals surface area (Å²) in [6.45, 7) is 4.98. The van der Waals surface area contributed by atoms with Crippen LogP contribution in [0.25, 0.3) is 0 Å². The Hall–Kier alpha value is -2.21. The minimum atomic E-state index is -3.61. The van der Waals surface area contributed by atoms with Crippen LogP contribution in [0, 0.1) is 11.3 Å². The third-order valence-corrected chi connectivity index (χ3v) is 5.87. The molecule has 0 bridgehead atoms. The van der Waals surface area contributed by atoms with Crippen LogP contribution >= 0.6 is 0 Å². The number of carbonyl (C=O) groups is 1. The summed E-state index contributed by atoms with van der Waals surface area (Å²) in [5.74, 6) is -0.409. The molecule has 1 saturated heterocycles. The highest BCUT2D eigenvalue weighted by Crippen LogP contribution is 2.19. The van der Waals surface area contributed by atoms with Gasteiger partial charge in [0.15, 0.2) is 0 Å². The lowest BCUT2D eigenvalue weighted by Gasteiger charge is -2.36. The van der Waals surface area contributed by atoms with Crippen molar-refractivity contribution in [3.8, 4) is 6.07 Å². The molecule has 2 rings (SSSR count). The first-order valence-corrected chi connectivity index (χ1v) is 8.82. The molecule has 0 radical (unpaired) electrons. The van der Waals surface area contributed by atoms with Gasteiger partial charge in [0.05, 0.1) is 23.6 Å². The van der Waals surface area contributed by atoms with Crippen molar-refractivity contribution in [1.29, 1.82) is 5.26 Å². The molecule has 1 aliphatic rings. The van der Waals surface area contributed by atoms with Crippen LogP contribution in [0.4, 0.5) is 0 Å². The van der Waals surface area contributed by atoms with E-state index >= 15 is 0 Å². The van der Waals surface area contributed by atoms with Crippen LogP contribution in [-0.2, 0) is 19.6 Å². The summed E-state index contributed by atoms with van der Waals surface area (Å²) < 4.78 is 31.4. The Bertz CT molecular complexity index is 745. The van der Waals surface area contributed by atoms with Crippen LogP contribution < -0.4 is 0 Å². The molecule has 0 aromatic heterocycles. The average Bonchev–Trinajstić information content (AvgIpc) is 2.62. The smallest absolute Gasteiger partial charge is 0.327 e. The number of methoxy groups -OCH3 is 1. The lowest BCUT2D eigenvalue weighted by Crippen LogP contribution is -2.53. The van der Waals surface area contributed by atoms with Crippen molar-refractivity contribution in [1.82, 2.24) is 9.21 Å². The number of benzene rings is 1. The predicted molar refractivity (Wildman–Crippen MR) is 87.5 cm³/mol. The summed E-state index contributed by atoms with van der Waals surface area (Å²) in [4.78, 5) is 13.7. The summed E-state index contributed by atoms with van der Waals surface area (Å²) in [5.41, 5.74) is 0.408. The molecular weight excluding hydrogens is 330 g/mol. The summed E-state index contributed by atoms with van der Waals surface area (Å²) in [6, 6.07) is 7.21. The minimum absolute atomic E-state index is 0.156. The van der Waals surface area contributed by atoms with Crippen molar-refractivity contribution < 1.29 is 17.9 Å². The van der Waals surface area contributed by atoms with E-state index in [0.717, 1.165) is 0 Å². The van der Waals surface area contributed by atoms with E-state index in [9.17, 15) is 13.2 Å². The van der Waals surface area contributed by atoms with E-state index in [4.69, 9.17) is 10.00 Å². The summed E-state index contributed by atoms with van der Waals surface area (Å²) in [6.07, 6.45) is 1.50. The van der Waals surface area contributed by atoms with E-state index < -0.39 is 22.0 Å². The van der Waals surface area contributed by atoms with E-state index in [1.54, 1.807) is 0 Å². The fourth-order valence-electron chi connectivity index (χ4n) is 2.59. The number of piperazine rings is 1. The molecule has 1 aliphatic heterocycles. The maximum absolute atomic E-state index is 12.6. The van der Waals surface area contributed by atoms with Gasteiger partial charge in [-0.1, -0.05) is 6.08 Å². The average molecular weight is 349 g/mol. The zero-order chi connectivity index (χ0) is 17.7. The molecule has 8 heteroatoms. The topological polar surface area (TPSA) is 90.7 Å². The molecule has 0 spiro atoms. The van der Waals surface area contributed by atoms with Crippen LogP contribution in [0.3, 0.4) is 0 Å². The molecule has 1 fully saturated rings. The fourth-order valence-corrected chi connectivity index (χ4v) is 4.01. The van der Waals surface area contributed by atoms with Crippen molar-refractivity contribution in [3.63, 3.8) is 0 Å². The first-order chi connectivity index (χ1) is 11.4. The quantitative estimate of drug-likeness (QED) is 0.571. The van der Waals surface area contributed by atoms with E-state index in [-0.39, 0.29) is 18.0 Å². The van der Waals surface area contributed by atoms with Crippen molar-refractivity contribution in [2.45, 2.75) is 10.9 Å². The maximum Gasteiger partial charge on any atom is 0.327 e. The Labute approximate surface area is 141 Å². The lowest BCUT2D eigenvalue weighted by molar-refractivity contribution is -0.145. The van der Waals surface area contributed by atoms with Crippen molar-refractivity contribution in [2.24, 2.45) is 0 Å². The first kappa shape index (κ1) is 18.1. The largest absolute Gasteiger partial charge is 0.468 e. The zero-order valence-electron chi connectivity index (χ0n) is 13.4. The zero-order valence-corrected chi connectivity index (χ0v) is 14.2. The van der Waals surface area contributed by atoms with E-state index in [1.807, 2.05) is 11.0 Å². The molecule has 0 aliphatic carbocycles. The molecule has 128 valence electrons. The molecule has 1 heterocycles. The first-order valence-electron chi connectivity index (χ1n) is 7.38. The van der Waals surface area contributed by atoms with Crippen LogP contribution in [0.1, 0.15) is 5.56 Å². The number of hydrogen-bond donors (Lipinski definition) is 0. The molecule has 0 N–H and O–H groups in total. The van der Waals surface area contributed by atoms with Gasteiger partial charge in [-0.15, -0.1) is 6.58 Å². The van der Waals surface area contributed by atoms with E-state index in [0.29, 0.717) is 18.7 Å². The van der Waals surface area contributed by atoms with Crippen molar-refractivity contribution in [3.05, 3.63) is 42.5 Å². The van der Waals surface area contributed by atoms with Gasteiger partial charge >= 0.3 is 5.97 Å². The number of carbonyl (C=O) groups excluding carboxylic acids is 1. The highest BCUT2D eigenvalue weighted by atomic mass is 32.2. The van der Waals surface area contributed by atoms with Gasteiger partial charge < -0.3 is 4.74 Å². The third-order valence-electron chi connectivity index (χ3n) is 3.95. The van der Waals surface area contributed by atoms with Gasteiger partial charge in [0, 0.05) is 26.2 Å². The van der Waals surface area contributed by atoms with Crippen LogP contribution in [0.5, 0.6) is 0 Å². The van der Waals surface area contributed by atoms with Gasteiger partial charge in [-0.3, -0.25) is 9.69 Å². The number of nitriles is 1. The number of esters is 1. The molecule has 1 atom stereocenters. The molecule has 24 heavy (non-hydrogen) atoms. The molecule has 1 aromatic carbocycles. The maximum atomic E-state index is 12.6. The van der Waals surface area contributed by atoms with Crippen molar-refractivity contribution in [2.75, 3.05) is 33.3 Å². The minimum Gasteiger partial charge on any atom is -0.468 e. The monoisotopic (exact) mass is 349 g/mol. The van der Waals surface area contributed by atoms with Gasteiger partial charge in [-0.25, -0.2) is 8.42 Å². The molecule has 0 amide bonds. The second-order valence-electron chi connectivity index (χ2n) is 5.28. The van der Waals surface area contributed by atoms with Gasteiger partial charge in [0.1, 0.15) is 6.04 Å². The van der Waals surface area contributed by atoms with Crippen LogP contribution in [0.2, 0.25) is 0 Å². The summed E-state index contributed by atoms with van der Waals surface area (Å²) in [5, 5.41) is 8.79. The number of hydrogen-bond acceptors (Lipinski definition) is 6. The Morgan fingerprint density at radius 2 is 1.88 bits per heavy atom. The van der Waals surface area contributed by atoms with Crippen LogP contribution in [0.15, 0.2) is 41.8 Å². The number of rotatable bonds is 5. The van der Waals surface area contributed by atoms with Crippen LogP contribution in [-0.4, -0.2) is 62.9 Å². The van der Waals surface area contributed by atoms with Gasteiger partial charge in [0.25, 0.3) is 0 Å². The highest BCUT2D eigenvalue weighted by Gasteiger charge is 2.32. The van der Waals surface area contributed by atoms with E-state index in [2.05, 4.69) is 6.58 Å². The molecule has 0 unspecified atom stereocenters. The Morgan fingerprint density at radius 1 is 1.29 bits per heavy atom. The third kappa shape index (κ3) is 3.64. The fraction of sp³-hybridized carbons (Fsp3) is 0.375. The predicted octanol–water partition coefficient (Wildman–Crippen LogP) is 0.592. The van der Waals surface area contributed by atoms with E-state index in [1.165, 1.54) is 41.8 Å². The SMILES string of the molecule is C=C[C@@H](C(=O)OC)N1CCN(S(=O)(=O)c2ccc(C#N)cc2)CC1. The lowest BCUT2D eigenvalue weighted by atomic mass is 10.2. The van der Waals surface area contributed by atoms with Crippen molar-refractivity contribution >= 4 is 16.0 Å². The summed E-state index contributed by atoms with van der Waals surface area (Å²) >= 11 is 0. The normalized spacial score (nSPS) is 17.7. The Kier molecular flexibility index (Phi) is 5.72. The number of ether oxygens (including phenoxy) is 1. The standard InChI is InChI=1S/C16H19N3O4S/c1-3-15(16(20)23-2)18-8-10-19(11-9-18)24(21,22)14-6-4-13(12-17)5-7-14/h3-7,15H,1,8-11H2,2H3/t15-/m0/s1. The molecule has 1 aromatic rings. The second-order valence-corrected chi connectivity index (χ2v) is 7.22. The molecule has 0 saturated carbocycles. The van der Waals surface area contributed by atoms with Gasteiger partial charge in [-0.05, 0) is 24.3 Å². The molecular formula is C16H19N3O4S. The highest BCUT2D eigenvalue weighted by molar-refractivity contribution is 7.89.